The molecule has 1 saturated carbocycles. The first kappa shape index (κ1) is 21.3. The number of aryl methyl sites for hydroxylation is 1. The van der Waals surface area contributed by atoms with Crippen LogP contribution < -0.4 is 5.32 Å². The highest BCUT2D eigenvalue weighted by molar-refractivity contribution is 6.10. The van der Waals surface area contributed by atoms with Gasteiger partial charge in [0.05, 0.1) is 0 Å². The second-order valence-corrected chi connectivity index (χ2v) is 9.33. The Kier molecular flexibility index (Phi) is 5.20. The Balaban J connectivity index is 1.37. The van der Waals surface area contributed by atoms with Crippen molar-refractivity contribution in [2.45, 2.75) is 50.7 Å². The molecular formula is C27H27N3O3. The Morgan fingerprint density at radius 1 is 1.24 bits per heavy atom. The van der Waals surface area contributed by atoms with Crippen LogP contribution in [0.15, 0.2) is 48.5 Å². The van der Waals surface area contributed by atoms with Crippen molar-refractivity contribution in [3.63, 3.8) is 0 Å². The molecule has 33 heavy (non-hydrogen) atoms. The third kappa shape index (κ3) is 3.68. The van der Waals surface area contributed by atoms with Gasteiger partial charge in [-0.2, -0.15) is 0 Å². The van der Waals surface area contributed by atoms with Crippen LogP contribution >= 0.6 is 0 Å². The smallest absolute Gasteiger partial charge is 0.325 e. The van der Waals surface area contributed by atoms with Gasteiger partial charge >= 0.3 is 6.03 Å². The monoisotopic (exact) mass is 441 g/mol. The van der Waals surface area contributed by atoms with Crippen LogP contribution in [-0.4, -0.2) is 40.2 Å². The zero-order valence-electron chi connectivity index (χ0n) is 18.7. The van der Waals surface area contributed by atoms with Gasteiger partial charge in [-0.25, -0.2) is 4.79 Å². The zero-order valence-corrected chi connectivity index (χ0v) is 18.7. The Bertz CT molecular complexity index is 1160. The summed E-state index contributed by atoms with van der Waals surface area (Å²) in [6.45, 7) is 2.26. The highest BCUT2D eigenvalue weighted by Crippen LogP contribution is 2.42. The molecule has 2 unspecified atom stereocenters. The first-order valence-electron chi connectivity index (χ1n) is 11.5. The maximum Gasteiger partial charge on any atom is 0.325 e. The third-order valence-electron chi connectivity index (χ3n) is 7.28. The maximum atomic E-state index is 13.5. The summed E-state index contributed by atoms with van der Waals surface area (Å²) in [4.78, 5) is 42.8. The molecular weight excluding hydrogens is 414 g/mol. The lowest BCUT2D eigenvalue weighted by Gasteiger charge is -2.31. The molecule has 0 radical (unpaired) electrons. The van der Waals surface area contributed by atoms with E-state index in [9.17, 15) is 14.4 Å². The zero-order chi connectivity index (χ0) is 23.2. The first-order chi connectivity index (χ1) is 15.9. The molecule has 2 aromatic rings. The molecule has 1 N–H and O–H groups in total. The standard InChI is InChI=1S/C27H27N3O3/c1-3-19-9-12-23-22(15-19)13-14-27(23)25(32)30(26(33)28-27)17-24(31)29(18(2)21-10-11-21)16-20-7-5-4-6-8-20/h1,4-9,12,15,18,21H,10-11,13-14,16-17H2,2H3,(H,28,33). The van der Waals surface area contributed by atoms with Crippen molar-refractivity contribution >= 4 is 17.8 Å². The van der Waals surface area contributed by atoms with Crippen LogP contribution in [0.5, 0.6) is 0 Å². The predicted molar refractivity (Wildman–Crippen MR) is 124 cm³/mol. The summed E-state index contributed by atoms with van der Waals surface area (Å²) in [5, 5.41) is 2.90. The fraction of sp³-hybridized carbons (Fsp3) is 0.370. The molecule has 0 bridgehead atoms. The molecule has 1 spiro atoms. The number of hydrogen-bond donors (Lipinski definition) is 1. The predicted octanol–water partition coefficient (Wildman–Crippen LogP) is 3.19. The minimum absolute atomic E-state index is 0.0572. The lowest BCUT2D eigenvalue weighted by molar-refractivity contribution is -0.141. The maximum absolute atomic E-state index is 13.5. The van der Waals surface area contributed by atoms with Gasteiger partial charge in [0.2, 0.25) is 5.91 Å². The first-order valence-corrected chi connectivity index (χ1v) is 11.5. The molecule has 1 saturated heterocycles. The second kappa shape index (κ2) is 8.08. The van der Waals surface area contributed by atoms with Crippen LogP contribution in [0.3, 0.4) is 0 Å². The van der Waals surface area contributed by atoms with Gasteiger partial charge in [0, 0.05) is 18.2 Å². The van der Waals surface area contributed by atoms with Crippen LogP contribution in [-0.2, 0) is 28.1 Å². The molecule has 2 atom stereocenters. The van der Waals surface area contributed by atoms with Crippen molar-refractivity contribution in [3.05, 3.63) is 70.8 Å². The Morgan fingerprint density at radius 3 is 2.70 bits per heavy atom. The van der Waals surface area contributed by atoms with Gasteiger partial charge in [-0.15, -0.1) is 6.42 Å². The molecule has 2 fully saturated rings. The largest absolute Gasteiger partial charge is 0.334 e. The molecule has 1 aliphatic heterocycles. The number of imide groups is 1. The van der Waals surface area contributed by atoms with Gasteiger partial charge in [-0.3, -0.25) is 14.5 Å². The van der Waals surface area contributed by atoms with E-state index in [0.29, 0.717) is 25.3 Å². The fourth-order valence-electron chi connectivity index (χ4n) is 5.18. The van der Waals surface area contributed by atoms with Gasteiger partial charge in [0.25, 0.3) is 5.91 Å². The van der Waals surface area contributed by atoms with Gasteiger partial charge < -0.3 is 10.2 Å². The number of rotatable bonds is 6. The number of carbonyl (C=O) groups is 3. The summed E-state index contributed by atoms with van der Waals surface area (Å²) in [5.41, 5.74) is 2.43. The van der Waals surface area contributed by atoms with Crippen molar-refractivity contribution in [1.82, 2.24) is 15.1 Å². The number of carbonyl (C=O) groups excluding carboxylic acids is 3. The molecule has 5 rings (SSSR count). The average Bonchev–Trinajstić information content (AvgIpc) is 3.58. The number of terminal acetylenes is 1. The number of benzene rings is 2. The van der Waals surface area contributed by atoms with E-state index < -0.39 is 11.6 Å². The lowest BCUT2D eigenvalue weighted by Crippen LogP contribution is -2.47. The summed E-state index contributed by atoms with van der Waals surface area (Å²) in [6.07, 6.45) is 8.83. The van der Waals surface area contributed by atoms with E-state index in [1.807, 2.05) is 47.4 Å². The van der Waals surface area contributed by atoms with Crippen LogP contribution in [0.2, 0.25) is 0 Å². The van der Waals surface area contributed by atoms with Crippen molar-refractivity contribution < 1.29 is 14.4 Å². The third-order valence-corrected chi connectivity index (χ3v) is 7.28. The van der Waals surface area contributed by atoms with E-state index >= 15 is 0 Å². The second-order valence-electron chi connectivity index (χ2n) is 9.33. The SMILES string of the molecule is C#Cc1ccc2c(c1)CCC21NC(=O)N(CC(=O)N(Cc2ccccc2)C(C)C2CC2)C1=O. The van der Waals surface area contributed by atoms with E-state index in [4.69, 9.17) is 6.42 Å². The Morgan fingerprint density at radius 2 is 2.00 bits per heavy atom. The van der Waals surface area contributed by atoms with E-state index in [2.05, 4.69) is 18.2 Å². The summed E-state index contributed by atoms with van der Waals surface area (Å²) in [6, 6.07) is 14.9. The quantitative estimate of drug-likeness (QED) is 0.553. The number of fused-ring (bicyclic) bond motifs is 2. The van der Waals surface area contributed by atoms with E-state index in [0.717, 1.165) is 40.0 Å². The van der Waals surface area contributed by atoms with Crippen LogP contribution in [0, 0.1) is 18.3 Å². The highest BCUT2D eigenvalue weighted by Gasteiger charge is 2.55. The van der Waals surface area contributed by atoms with Crippen molar-refractivity contribution in [3.8, 4) is 12.3 Å². The van der Waals surface area contributed by atoms with E-state index in [-0.39, 0.29) is 24.4 Å². The number of hydrogen-bond acceptors (Lipinski definition) is 3. The van der Waals surface area contributed by atoms with Gasteiger partial charge in [0.15, 0.2) is 0 Å². The minimum atomic E-state index is -1.10. The summed E-state index contributed by atoms with van der Waals surface area (Å²) in [5.74, 6) is 2.52. The summed E-state index contributed by atoms with van der Waals surface area (Å²) >= 11 is 0. The van der Waals surface area contributed by atoms with Crippen molar-refractivity contribution in [1.29, 1.82) is 0 Å². The Hall–Kier alpha value is -3.59. The average molecular weight is 442 g/mol. The van der Waals surface area contributed by atoms with Gasteiger partial charge in [-0.1, -0.05) is 42.3 Å². The van der Waals surface area contributed by atoms with Gasteiger partial charge in [0.1, 0.15) is 12.1 Å². The fourth-order valence-corrected chi connectivity index (χ4v) is 5.18. The number of nitrogens with zero attached hydrogens (tertiary/aromatic N) is 2. The summed E-state index contributed by atoms with van der Waals surface area (Å²) < 4.78 is 0. The molecule has 6 heteroatoms. The minimum Gasteiger partial charge on any atom is -0.334 e. The van der Waals surface area contributed by atoms with Crippen LogP contribution in [0.1, 0.15) is 48.4 Å². The van der Waals surface area contributed by atoms with Crippen LogP contribution in [0.25, 0.3) is 0 Å². The number of urea groups is 1. The van der Waals surface area contributed by atoms with Crippen LogP contribution in [0.4, 0.5) is 4.79 Å². The molecule has 168 valence electrons. The normalized spacial score (nSPS) is 22.1. The lowest BCUT2D eigenvalue weighted by atomic mass is 9.91. The topological polar surface area (TPSA) is 69.7 Å². The number of amides is 4. The van der Waals surface area contributed by atoms with Gasteiger partial charge in [-0.05, 0) is 67.3 Å². The molecule has 6 nitrogen and oxygen atoms in total. The Labute approximate surface area is 193 Å². The summed E-state index contributed by atoms with van der Waals surface area (Å²) in [7, 11) is 0. The molecule has 3 aliphatic rings. The number of nitrogens with one attached hydrogen (secondary N) is 1. The van der Waals surface area contributed by atoms with Crippen molar-refractivity contribution in [2.24, 2.45) is 5.92 Å². The van der Waals surface area contributed by atoms with E-state index in [1.165, 1.54) is 0 Å². The molecule has 4 amide bonds. The molecule has 2 aromatic carbocycles. The van der Waals surface area contributed by atoms with Crippen molar-refractivity contribution in [2.75, 3.05) is 6.54 Å². The molecule has 0 aromatic heterocycles. The highest BCUT2D eigenvalue weighted by atomic mass is 16.2. The van der Waals surface area contributed by atoms with E-state index in [1.54, 1.807) is 6.07 Å². The molecule has 2 aliphatic carbocycles. The molecule has 1 heterocycles.